The van der Waals surface area contributed by atoms with Gasteiger partial charge in [-0.1, -0.05) is 0 Å². The fourth-order valence-corrected chi connectivity index (χ4v) is 3.70. The van der Waals surface area contributed by atoms with E-state index in [-0.39, 0.29) is 24.0 Å². The number of nitrogens with zero attached hydrogens (tertiary/aromatic N) is 2. The summed E-state index contributed by atoms with van der Waals surface area (Å²) in [7, 11) is 0. The van der Waals surface area contributed by atoms with Crippen LogP contribution in [-0.4, -0.2) is 45.0 Å². The molecule has 1 atom stereocenters. The largest absolute Gasteiger partial charge is 0.394 e. The third kappa shape index (κ3) is 4.26. The lowest BCUT2D eigenvalue weighted by Gasteiger charge is -2.14. The second-order valence-corrected chi connectivity index (χ2v) is 8.29. The molecular formula is C20H20FIN4O4. The van der Waals surface area contributed by atoms with Gasteiger partial charge >= 0.3 is 0 Å². The molecule has 4 N–H and O–H groups in total. The van der Waals surface area contributed by atoms with Crippen LogP contribution < -0.4 is 10.8 Å². The van der Waals surface area contributed by atoms with Crippen LogP contribution in [0.1, 0.15) is 29.4 Å². The summed E-state index contributed by atoms with van der Waals surface area (Å²) < 4.78 is 17.2. The molecule has 8 nitrogen and oxygen atoms in total. The van der Waals surface area contributed by atoms with Crippen LogP contribution in [0.3, 0.4) is 0 Å². The Hall–Kier alpha value is -2.28. The van der Waals surface area contributed by atoms with Crippen molar-refractivity contribution in [3.63, 3.8) is 0 Å². The molecule has 1 fully saturated rings. The van der Waals surface area contributed by atoms with Gasteiger partial charge in [0.25, 0.3) is 5.91 Å². The van der Waals surface area contributed by atoms with Crippen molar-refractivity contribution >= 4 is 50.8 Å². The molecule has 0 aliphatic heterocycles. The summed E-state index contributed by atoms with van der Waals surface area (Å²) in [6.45, 7) is -0.745. The van der Waals surface area contributed by atoms with E-state index in [9.17, 15) is 14.3 Å². The van der Waals surface area contributed by atoms with E-state index in [0.29, 0.717) is 11.1 Å². The van der Waals surface area contributed by atoms with E-state index in [4.69, 9.17) is 9.94 Å². The Morgan fingerprint density at radius 3 is 2.90 bits per heavy atom. The van der Waals surface area contributed by atoms with E-state index in [0.717, 1.165) is 21.9 Å². The summed E-state index contributed by atoms with van der Waals surface area (Å²) in [5, 5.41) is 22.1. The Balaban J connectivity index is 1.75. The molecule has 0 radical (unpaired) electrons. The number of rotatable bonds is 8. The number of fused-ring (bicyclic) bond motifs is 1. The van der Waals surface area contributed by atoms with Gasteiger partial charge in [-0.3, -0.25) is 14.6 Å². The molecule has 1 aromatic carbocycles. The molecule has 30 heavy (non-hydrogen) atoms. The number of hydrogen-bond acceptors (Lipinski definition) is 6. The minimum absolute atomic E-state index is 0.149. The Bertz CT molecular complexity index is 1090. The quantitative estimate of drug-likeness (QED) is 0.266. The first-order valence-electron chi connectivity index (χ1n) is 9.40. The van der Waals surface area contributed by atoms with Crippen LogP contribution in [0.4, 0.5) is 15.8 Å². The fraction of sp³-hybridized carbons (Fsp3) is 0.300. The van der Waals surface area contributed by atoms with E-state index < -0.39 is 24.4 Å². The molecule has 158 valence electrons. The molecule has 0 bridgehead atoms. The first-order chi connectivity index (χ1) is 14.5. The standard InChI is InChI=1S/C20H20FIN4O4/c21-15-7-11(22)1-4-16(15)24-18-14-8-23-6-5-17(14)26(12-2-3-12)19(18)20(29)25-30-10-13(28)9-27/h1,4-8,12-13,24,27-28H,2-3,9-10H2,(H,25,29). The molecule has 1 saturated carbocycles. The molecule has 2 aromatic heterocycles. The topological polar surface area (TPSA) is 109 Å². The Morgan fingerprint density at radius 2 is 2.20 bits per heavy atom. The molecule has 1 unspecified atom stereocenters. The van der Waals surface area contributed by atoms with E-state index in [1.54, 1.807) is 24.5 Å². The van der Waals surface area contributed by atoms with Crippen molar-refractivity contribution in [1.82, 2.24) is 15.0 Å². The zero-order valence-electron chi connectivity index (χ0n) is 15.8. The van der Waals surface area contributed by atoms with Crippen LogP contribution in [0.2, 0.25) is 0 Å². The summed E-state index contributed by atoms with van der Waals surface area (Å²) in [6, 6.07) is 6.75. The molecule has 1 aliphatic rings. The van der Waals surface area contributed by atoms with Crippen molar-refractivity contribution in [2.75, 3.05) is 18.5 Å². The van der Waals surface area contributed by atoms with Gasteiger partial charge in [-0.15, -0.1) is 0 Å². The smallest absolute Gasteiger partial charge is 0.293 e. The highest BCUT2D eigenvalue weighted by atomic mass is 127. The minimum Gasteiger partial charge on any atom is -0.394 e. The predicted octanol–water partition coefficient (Wildman–Crippen LogP) is 2.87. The number of benzene rings is 1. The van der Waals surface area contributed by atoms with E-state index in [1.807, 2.05) is 33.2 Å². The lowest BCUT2D eigenvalue weighted by atomic mass is 10.2. The monoisotopic (exact) mass is 526 g/mol. The van der Waals surface area contributed by atoms with Crippen molar-refractivity contribution in [2.45, 2.75) is 25.0 Å². The molecule has 2 heterocycles. The van der Waals surface area contributed by atoms with Gasteiger partial charge in [0.2, 0.25) is 0 Å². The first-order valence-corrected chi connectivity index (χ1v) is 10.5. The van der Waals surface area contributed by atoms with Crippen molar-refractivity contribution in [2.24, 2.45) is 0 Å². The number of aromatic nitrogens is 2. The maximum Gasteiger partial charge on any atom is 0.293 e. The van der Waals surface area contributed by atoms with E-state index in [1.165, 1.54) is 6.07 Å². The fourth-order valence-electron chi connectivity index (χ4n) is 3.25. The predicted molar refractivity (Wildman–Crippen MR) is 117 cm³/mol. The summed E-state index contributed by atoms with van der Waals surface area (Å²) in [5.74, 6) is -0.983. The van der Waals surface area contributed by atoms with Crippen LogP contribution in [0.5, 0.6) is 0 Å². The van der Waals surface area contributed by atoms with Gasteiger partial charge in [0.1, 0.15) is 24.2 Å². The van der Waals surface area contributed by atoms with Crippen molar-refractivity contribution in [3.8, 4) is 0 Å². The number of aliphatic hydroxyl groups is 2. The molecule has 1 amide bonds. The number of aliphatic hydroxyl groups excluding tert-OH is 2. The van der Waals surface area contributed by atoms with E-state index in [2.05, 4.69) is 15.8 Å². The molecule has 3 aromatic rings. The number of hydrogen-bond donors (Lipinski definition) is 4. The average Bonchev–Trinajstić information content (AvgIpc) is 3.52. The SMILES string of the molecule is O=C(NOCC(O)CO)c1c(Nc2ccc(I)cc2F)c2cnccc2n1C1CC1. The zero-order chi connectivity index (χ0) is 21.3. The van der Waals surface area contributed by atoms with Crippen LogP contribution in [0.15, 0.2) is 36.7 Å². The van der Waals surface area contributed by atoms with Gasteiger partial charge in [0.15, 0.2) is 0 Å². The molecule has 0 saturated heterocycles. The van der Waals surface area contributed by atoms with Gasteiger partial charge in [0.05, 0.1) is 23.5 Å². The summed E-state index contributed by atoms with van der Waals surface area (Å²) in [6.07, 6.45) is 4.02. The summed E-state index contributed by atoms with van der Waals surface area (Å²) in [5.41, 5.74) is 4.07. The number of nitrogens with one attached hydrogen (secondary N) is 2. The number of amides is 1. The van der Waals surface area contributed by atoms with Crippen molar-refractivity contribution in [3.05, 3.63) is 51.7 Å². The second-order valence-electron chi connectivity index (χ2n) is 7.05. The van der Waals surface area contributed by atoms with E-state index >= 15 is 0 Å². The average molecular weight is 526 g/mol. The number of carbonyl (C=O) groups excluding carboxylic acids is 1. The highest BCUT2D eigenvalue weighted by Gasteiger charge is 2.33. The third-order valence-electron chi connectivity index (χ3n) is 4.77. The molecular weight excluding hydrogens is 506 g/mol. The van der Waals surface area contributed by atoms with Crippen molar-refractivity contribution < 1.29 is 24.2 Å². The number of hydroxylamine groups is 1. The lowest BCUT2D eigenvalue weighted by molar-refractivity contribution is -0.0297. The number of pyridine rings is 1. The van der Waals surface area contributed by atoms with Crippen molar-refractivity contribution in [1.29, 1.82) is 0 Å². The second kappa shape index (κ2) is 8.84. The summed E-state index contributed by atoms with van der Waals surface area (Å²) in [4.78, 5) is 22.3. The van der Waals surface area contributed by atoms with Gasteiger partial charge in [0, 0.05) is 27.4 Å². The first kappa shape index (κ1) is 21.0. The Labute approximate surface area is 185 Å². The van der Waals surface area contributed by atoms with Gasteiger partial charge in [-0.25, -0.2) is 9.87 Å². The molecule has 0 spiro atoms. The Kier molecular flexibility index (Phi) is 6.18. The minimum atomic E-state index is -1.11. The van der Waals surface area contributed by atoms with Crippen LogP contribution in [-0.2, 0) is 4.84 Å². The maximum atomic E-state index is 14.5. The molecule has 4 rings (SSSR count). The lowest BCUT2D eigenvalue weighted by Crippen LogP contribution is -2.31. The van der Waals surface area contributed by atoms with Gasteiger partial charge in [-0.05, 0) is 59.7 Å². The van der Waals surface area contributed by atoms with Gasteiger partial charge < -0.3 is 20.1 Å². The number of anilines is 2. The normalized spacial score (nSPS) is 14.7. The molecule has 10 heteroatoms. The number of halogens is 2. The third-order valence-corrected chi connectivity index (χ3v) is 5.44. The zero-order valence-corrected chi connectivity index (χ0v) is 18.0. The maximum absolute atomic E-state index is 14.5. The highest BCUT2D eigenvalue weighted by molar-refractivity contribution is 14.1. The Morgan fingerprint density at radius 1 is 1.40 bits per heavy atom. The molecule has 1 aliphatic carbocycles. The summed E-state index contributed by atoms with van der Waals surface area (Å²) >= 11 is 2.03. The van der Waals surface area contributed by atoms with Crippen LogP contribution in [0.25, 0.3) is 10.9 Å². The van der Waals surface area contributed by atoms with Crippen LogP contribution in [0, 0.1) is 9.39 Å². The highest BCUT2D eigenvalue weighted by Crippen LogP contribution is 2.43. The van der Waals surface area contributed by atoms with Gasteiger partial charge in [-0.2, -0.15) is 0 Å². The van der Waals surface area contributed by atoms with Crippen LogP contribution >= 0.6 is 22.6 Å². The number of carbonyl (C=O) groups is 1.